The van der Waals surface area contributed by atoms with Gasteiger partial charge in [0.1, 0.15) is 6.04 Å². The molecule has 0 amide bonds. The van der Waals surface area contributed by atoms with Crippen molar-refractivity contribution >= 4 is 5.97 Å². The van der Waals surface area contributed by atoms with Crippen LogP contribution in [0.25, 0.3) is 0 Å². The van der Waals surface area contributed by atoms with Gasteiger partial charge in [-0.3, -0.25) is 9.69 Å². The van der Waals surface area contributed by atoms with Crippen LogP contribution in [-0.4, -0.2) is 71.7 Å². The summed E-state index contributed by atoms with van der Waals surface area (Å²) in [4.78, 5) is 16.2. The van der Waals surface area contributed by atoms with Crippen LogP contribution >= 0.6 is 0 Å². The van der Waals surface area contributed by atoms with E-state index in [1.807, 2.05) is 0 Å². The van der Waals surface area contributed by atoms with Gasteiger partial charge < -0.3 is 15.3 Å². The molecule has 1 aliphatic heterocycles. The lowest BCUT2D eigenvalue weighted by molar-refractivity contribution is -0.139. The standard InChI is InChI=1S/C15H29N3O2/c1-3-12(2)18-10-8-17(9-11-18)7-6-14(15(19)20)16-13-4-5-13/h12-14,16H,3-11H2,1-2H3,(H,19,20). The molecule has 1 saturated carbocycles. The Morgan fingerprint density at radius 2 is 1.95 bits per heavy atom. The number of piperazine rings is 1. The first-order valence-electron chi connectivity index (χ1n) is 8.05. The Balaban J connectivity index is 1.67. The minimum absolute atomic E-state index is 0.366. The number of hydrogen-bond acceptors (Lipinski definition) is 4. The molecule has 1 aliphatic carbocycles. The second-order valence-electron chi connectivity index (χ2n) is 6.26. The molecule has 2 atom stereocenters. The fraction of sp³-hybridized carbons (Fsp3) is 0.933. The van der Waals surface area contributed by atoms with Crippen LogP contribution in [0.2, 0.25) is 0 Å². The molecule has 0 radical (unpaired) electrons. The first-order valence-corrected chi connectivity index (χ1v) is 8.05. The number of carboxylic acid groups (broad SMARTS) is 1. The van der Waals surface area contributed by atoms with E-state index in [0.717, 1.165) is 52.0 Å². The summed E-state index contributed by atoms with van der Waals surface area (Å²) < 4.78 is 0. The van der Waals surface area contributed by atoms with Crippen LogP contribution in [0.3, 0.4) is 0 Å². The summed E-state index contributed by atoms with van der Waals surface area (Å²) in [6, 6.07) is 0.758. The maximum Gasteiger partial charge on any atom is 0.320 e. The maximum atomic E-state index is 11.2. The summed E-state index contributed by atoms with van der Waals surface area (Å²) in [5.41, 5.74) is 0. The lowest BCUT2D eigenvalue weighted by atomic mass is 10.1. The van der Waals surface area contributed by atoms with E-state index in [2.05, 4.69) is 29.0 Å². The van der Waals surface area contributed by atoms with E-state index < -0.39 is 5.97 Å². The van der Waals surface area contributed by atoms with Gasteiger partial charge in [-0.2, -0.15) is 0 Å². The summed E-state index contributed by atoms with van der Waals surface area (Å²) in [6.07, 6.45) is 4.19. The predicted molar refractivity (Wildman–Crippen MR) is 80.0 cm³/mol. The van der Waals surface area contributed by atoms with Gasteiger partial charge in [0, 0.05) is 44.8 Å². The minimum Gasteiger partial charge on any atom is -0.480 e. The molecule has 2 fully saturated rings. The monoisotopic (exact) mass is 283 g/mol. The summed E-state index contributed by atoms with van der Waals surface area (Å²) in [5.74, 6) is -0.699. The molecule has 5 heteroatoms. The molecule has 2 unspecified atom stereocenters. The molecule has 0 spiro atoms. The van der Waals surface area contributed by atoms with Crippen molar-refractivity contribution in [2.24, 2.45) is 0 Å². The Morgan fingerprint density at radius 1 is 1.30 bits per heavy atom. The lowest BCUT2D eigenvalue weighted by Crippen LogP contribution is -2.50. The quantitative estimate of drug-likeness (QED) is 0.696. The third-order valence-electron chi connectivity index (χ3n) is 4.67. The van der Waals surface area contributed by atoms with E-state index in [1.165, 1.54) is 6.42 Å². The molecular weight excluding hydrogens is 254 g/mol. The summed E-state index contributed by atoms with van der Waals surface area (Å²) in [5, 5.41) is 12.5. The zero-order valence-corrected chi connectivity index (χ0v) is 12.8. The molecule has 116 valence electrons. The van der Waals surface area contributed by atoms with E-state index >= 15 is 0 Å². The van der Waals surface area contributed by atoms with Crippen LogP contribution in [0.4, 0.5) is 0 Å². The van der Waals surface area contributed by atoms with Crippen LogP contribution < -0.4 is 5.32 Å². The number of rotatable bonds is 8. The molecule has 2 N–H and O–H groups in total. The molecule has 0 bridgehead atoms. The van der Waals surface area contributed by atoms with E-state index in [-0.39, 0.29) is 6.04 Å². The maximum absolute atomic E-state index is 11.2. The highest BCUT2D eigenvalue weighted by atomic mass is 16.4. The lowest BCUT2D eigenvalue weighted by Gasteiger charge is -2.38. The fourth-order valence-corrected chi connectivity index (χ4v) is 2.81. The molecule has 2 aliphatic rings. The number of nitrogens with zero attached hydrogens (tertiary/aromatic N) is 2. The second kappa shape index (κ2) is 7.38. The topological polar surface area (TPSA) is 55.8 Å². The minimum atomic E-state index is -0.699. The van der Waals surface area contributed by atoms with Crippen LogP contribution in [0, 0.1) is 0 Å². The SMILES string of the molecule is CCC(C)N1CCN(CCC(NC2CC2)C(=O)O)CC1. The molecule has 2 rings (SSSR count). The van der Waals surface area contributed by atoms with Crippen molar-refractivity contribution in [1.29, 1.82) is 0 Å². The van der Waals surface area contributed by atoms with Gasteiger partial charge in [0.25, 0.3) is 0 Å². The zero-order valence-electron chi connectivity index (χ0n) is 12.8. The molecule has 20 heavy (non-hydrogen) atoms. The smallest absolute Gasteiger partial charge is 0.320 e. The average molecular weight is 283 g/mol. The van der Waals surface area contributed by atoms with Gasteiger partial charge in [-0.1, -0.05) is 6.92 Å². The Morgan fingerprint density at radius 3 is 2.45 bits per heavy atom. The first-order chi connectivity index (χ1) is 9.60. The van der Waals surface area contributed by atoms with Crippen LogP contribution in [0.5, 0.6) is 0 Å². The highest BCUT2D eigenvalue weighted by Gasteiger charge is 2.29. The normalized spacial score (nSPS) is 24.5. The van der Waals surface area contributed by atoms with Gasteiger partial charge in [0.15, 0.2) is 0 Å². The van der Waals surface area contributed by atoms with E-state index in [0.29, 0.717) is 12.1 Å². The van der Waals surface area contributed by atoms with Gasteiger partial charge in [0.05, 0.1) is 0 Å². The molecule has 5 nitrogen and oxygen atoms in total. The van der Waals surface area contributed by atoms with Crippen molar-refractivity contribution in [2.75, 3.05) is 32.7 Å². The van der Waals surface area contributed by atoms with Crippen LogP contribution in [-0.2, 0) is 4.79 Å². The Labute approximate surface area is 122 Å². The van der Waals surface area contributed by atoms with Crippen molar-refractivity contribution < 1.29 is 9.90 Å². The van der Waals surface area contributed by atoms with Crippen molar-refractivity contribution in [3.8, 4) is 0 Å². The molecule has 0 aromatic carbocycles. The highest BCUT2D eigenvalue weighted by molar-refractivity contribution is 5.73. The first kappa shape index (κ1) is 15.7. The number of hydrogen-bond donors (Lipinski definition) is 2. The molecule has 1 saturated heterocycles. The Kier molecular flexibility index (Phi) is 5.81. The van der Waals surface area contributed by atoms with Crippen LogP contribution in [0.15, 0.2) is 0 Å². The average Bonchev–Trinajstić information content (AvgIpc) is 3.27. The van der Waals surface area contributed by atoms with Crippen molar-refractivity contribution in [3.05, 3.63) is 0 Å². The third-order valence-corrected chi connectivity index (χ3v) is 4.67. The number of carboxylic acids is 1. The number of nitrogens with one attached hydrogen (secondary N) is 1. The number of aliphatic carboxylic acids is 1. The molecule has 0 aromatic heterocycles. The molecular formula is C15H29N3O2. The predicted octanol–water partition coefficient (Wildman–Crippen LogP) is 0.998. The fourth-order valence-electron chi connectivity index (χ4n) is 2.81. The van der Waals surface area contributed by atoms with Crippen molar-refractivity contribution in [1.82, 2.24) is 15.1 Å². The molecule has 1 heterocycles. The van der Waals surface area contributed by atoms with E-state index in [1.54, 1.807) is 0 Å². The summed E-state index contributed by atoms with van der Waals surface area (Å²) in [6.45, 7) is 9.78. The molecule has 0 aromatic rings. The van der Waals surface area contributed by atoms with Crippen molar-refractivity contribution in [3.63, 3.8) is 0 Å². The Hall–Kier alpha value is -0.650. The largest absolute Gasteiger partial charge is 0.480 e. The number of carbonyl (C=O) groups is 1. The third kappa shape index (κ3) is 4.72. The summed E-state index contributed by atoms with van der Waals surface area (Å²) >= 11 is 0. The van der Waals surface area contributed by atoms with Gasteiger partial charge >= 0.3 is 5.97 Å². The van der Waals surface area contributed by atoms with Gasteiger partial charge in [-0.15, -0.1) is 0 Å². The van der Waals surface area contributed by atoms with Gasteiger partial charge in [-0.25, -0.2) is 0 Å². The van der Waals surface area contributed by atoms with Gasteiger partial charge in [0.2, 0.25) is 0 Å². The van der Waals surface area contributed by atoms with Crippen LogP contribution in [0.1, 0.15) is 39.5 Å². The Bertz CT molecular complexity index is 312. The van der Waals surface area contributed by atoms with Gasteiger partial charge in [-0.05, 0) is 32.6 Å². The van der Waals surface area contributed by atoms with E-state index in [9.17, 15) is 9.90 Å². The second-order valence-corrected chi connectivity index (χ2v) is 6.26. The summed E-state index contributed by atoms with van der Waals surface area (Å²) in [7, 11) is 0. The zero-order chi connectivity index (χ0) is 14.5. The van der Waals surface area contributed by atoms with Crippen molar-refractivity contribution in [2.45, 2.75) is 57.7 Å². The highest BCUT2D eigenvalue weighted by Crippen LogP contribution is 2.20. The van der Waals surface area contributed by atoms with E-state index in [4.69, 9.17) is 0 Å².